The van der Waals surface area contributed by atoms with Gasteiger partial charge in [0.2, 0.25) is 5.91 Å². The first-order valence-electron chi connectivity index (χ1n) is 9.77. The molecule has 0 spiro atoms. The molecule has 1 saturated heterocycles. The van der Waals surface area contributed by atoms with E-state index in [1.54, 1.807) is 25.7 Å². The molecule has 0 aromatic heterocycles. The van der Waals surface area contributed by atoms with Gasteiger partial charge in [-0.05, 0) is 26.3 Å². The molecule has 2 rings (SSSR count). The fraction of sp³-hybridized carbons (Fsp3) is 0.571. The lowest BCUT2D eigenvalue weighted by Crippen LogP contribution is -2.46. The minimum Gasteiger partial charge on any atom is -0.461 e. The quantitative estimate of drug-likeness (QED) is 0.698. The van der Waals surface area contributed by atoms with Crippen molar-refractivity contribution in [2.75, 3.05) is 26.3 Å². The molecule has 1 heterocycles. The standard InChI is InChI=1S/C21H30N2O6/c1-21(2,3)29-20(26)22-17(13-18(24)23-9-11-27-12-10-23)14-19(25)28-15-16-7-5-4-6-8-16/h4-8,17H,9-15H2,1-3H3,(H,22,26)/t17-/m1/s1. The van der Waals surface area contributed by atoms with Gasteiger partial charge in [-0.25, -0.2) is 4.79 Å². The zero-order valence-electron chi connectivity index (χ0n) is 17.3. The zero-order valence-corrected chi connectivity index (χ0v) is 17.3. The number of morpholine rings is 1. The Morgan fingerprint density at radius 1 is 1.10 bits per heavy atom. The Morgan fingerprint density at radius 2 is 1.76 bits per heavy atom. The molecule has 0 aliphatic carbocycles. The Bertz CT molecular complexity index is 680. The second-order valence-electron chi connectivity index (χ2n) is 7.89. The van der Waals surface area contributed by atoms with Gasteiger partial charge in [0.25, 0.3) is 0 Å². The topological polar surface area (TPSA) is 94.2 Å². The van der Waals surface area contributed by atoms with Crippen LogP contribution in [0, 0.1) is 0 Å². The second-order valence-corrected chi connectivity index (χ2v) is 7.89. The first-order chi connectivity index (χ1) is 13.7. The van der Waals surface area contributed by atoms with Gasteiger partial charge >= 0.3 is 12.1 Å². The van der Waals surface area contributed by atoms with Crippen LogP contribution >= 0.6 is 0 Å². The third kappa shape index (κ3) is 8.95. The van der Waals surface area contributed by atoms with Gasteiger partial charge in [-0.3, -0.25) is 9.59 Å². The maximum atomic E-state index is 12.6. The number of alkyl carbamates (subject to hydrolysis) is 1. The summed E-state index contributed by atoms with van der Waals surface area (Å²) in [7, 11) is 0. The van der Waals surface area contributed by atoms with Crippen LogP contribution in [0.2, 0.25) is 0 Å². The van der Waals surface area contributed by atoms with Crippen LogP contribution in [-0.4, -0.2) is 60.8 Å². The SMILES string of the molecule is CC(C)(C)OC(=O)N[C@@H](CC(=O)OCc1ccccc1)CC(=O)N1CCOCC1. The monoisotopic (exact) mass is 406 g/mol. The lowest BCUT2D eigenvalue weighted by Gasteiger charge is -2.29. The highest BCUT2D eigenvalue weighted by Crippen LogP contribution is 2.11. The largest absolute Gasteiger partial charge is 0.461 e. The minimum absolute atomic E-state index is 0.0142. The van der Waals surface area contributed by atoms with Gasteiger partial charge in [-0.15, -0.1) is 0 Å². The van der Waals surface area contributed by atoms with Crippen molar-refractivity contribution in [1.29, 1.82) is 0 Å². The summed E-state index contributed by atoms with van der Waals surface area (Å²) in [6, 6.07) is 8.58. The van der Waals surface area contributed by atoms with E-state index >= 15 is 0 Å². The van der Waals surface area contributed by atoms with Crippen molar-refractivity contribution in [3.63, 3.8) is 0 Å². The average molecular weight is 406 g/mol. The first-order valence-corrected chi connectivity index (χ1v) is 9.77. The third-order valence-electron chi connectivity index (χ3n) is 4.16. The van der Waals surface area contributed by atoms with Crippen molar-refractivity contribution in [1.82, 2.24) is 10.2 Å². The predicted octanol–water partition coefficient (Wildman–Crippen LogP) is 2.26. The normalized spacial score (nSPS) is 15.3. The van der Waals surface area contributed by atoms with Gasteiger partial charge in [0.05, 0.1) is 25.7 Å². The number of ether oxygens (including phenoxy) is 3. The molecule has 0 unspecified atom stereocenters. The van der Waals surface area contributed by atoms with Crippen LogP contribution in [0.15, 0.2) is 30.3 Å². The Labute approximate surface area is 171 Å². The number of nitrogens with one attached hydrogen (secondary N) is 1. The Hall–Kier alpha value is -2.61. The van der Waals surface area contributed by atoms with Crippen molar-refractivity contribution in [2.45, 2.75) is 51.9 Å². The number of esters is 1. The summed E-state index contributed by atoms with van der Waals surface area (Å²) in [5.74, 6) is -0.644. The summed E-state index contributed by atoms with van der Waals surface area (Å²) in [5.41, 5.74) is 0.179. The Kier molecular flexibility index (Phi) is 8.45. The Balaban J connectivity index is 1.93. The Morgan fingerprint density at radius 3 is 2.38 bits per heavy atom. The van der Waals surface area contributed by atoms with E-state index in [0.29, 0.717) is 26.3 Å². The summed E-state index contributed by atoms with van der Waals surface area (Å²) in [4.78, 5) is 38.7. The molecule has 8 heteroatoms. The molecular weight excluding hydrogens is 376 g/mol. The van der Waals surface area contributed by atoms with Crippen molar-refractivity contribution >= 4 is 18.0 Å². The van der Waals surface area contributed by atoms with Gasteiger partial charge in [-0.2, -0.15) is 0 Å². The molecule has 1 atom stereocenters. The highest BCUT2D eigenvalue weighted by molar-refractivity contribution is 5.80. The van der Waals surface area contributed by atoms with Crippen LogP contribution in [0.3, 0.4) is 0 Å². The van der Waals surface area contributed by atoms with Crippen molar-refractivity contribution in [3.8, 4) is 0 Å². The number of hydrogen-bond acceptors (Lipinski definition) is 6. The second kappa shape index (κ2) is 10.8. The number of carbonyl (C=O) groups is 3. The highest BCUT2D eigenvalue weighted by atomic mass is 16.6. The maximum absolute atomic E-state index is 12.6. The van der Waals surface area contributed by atoms with E-state index in [-0.39, 0.29) is 25.4 Å². The molecule has 1 aliphatic rings. The molecule has 2 amide bonds. The van der Waals surface area contributed by atoms with E-state index in [1.807, 2.05) is 30.3 Å². The van der Waals surface area contributed by atoms with Gasteiger partial charge in [0.15, 0.2) is 0 Å². The van der Waals surface area contributed by atoms with E-state index < -0.39 is 23.7 Å². The first kappa shape index (κ1) is 22.7. The van der Waals surface area contributed by atoms with E-state index in [1.165, 1.54) is 0 Å². The minimum atomic E-state index is -0.719. The fourth-order valence-corrected chi connectivity index (χ4v) is 2.80. The molecular formula is C21H30N2O6. The molecule has 8 nitrogen and oxygen atoms in total. The van der Waals surface area contributed by atoms with E-state index in [4.69, 9.17) is 14.2 Å². The molecule has 1 aliphatic heterocycles. The van der Waals surface area contributed by atoms with Gasteiger partial charge in [0.1, 0.15) is 12.2 Å². The van der Waals surface area contributed by atoms with E-state index in [0.717, 1.165) is 5.56 Å². The number of carbonyl (C=O) groups excluding carboxylic acids is 3. The molecule has 0 saturated carbocycles. The number of benzene rings is 1. The van der Waals surface area contributed by atoms with Crippen LogP contribution in [-0.2, 0) is 30.4 Å². The molecule has 1 N–H and O–H groups in total. The van der Waals surface area contributed by atoms with E-state index in [2.05, 4.69) is 5.32 Å². The highest BCUT2D eigenvalue weighted by Gasteiger charge is 2.26. The molecule has 1 aromatic carbocycles. The summed E-state index contributed by atoms with van der Waals surface area (Å²) in [6.45, 7) is 7.32. The third-order valence-corrected chi connectivity index (χ3v) is 4.16. The molecule has 1 aromatic rings. The predicted molar refractivity (Wildman–Crippen MR) is 106 cm³/mol. The molecule has 160 valence electrons. The van der Waals surface area contributed by atoms with Crippen molar-refractivity contribution < 1.29 is 28.6 Å². The zero-order chi connectivity index (χ0) is 21.3. The van der Waals surface area contributed by atoms with Gasteiger partial charge in [0, 0.05) is 19.5 Å². The van der Waals surface area contributed by atoms with Crippen LogP contribution < -0.4 is 5.32 Å². The maximum Gasteiger partial charge on any atom is 0.407 e. The van der Waals surface area contributed by atoms with Crippen LogP contribution in [0.5, 0.6) is 0 Å². The van der Waals surface area contributed by atoms with Crippen molar-refractivity contribution in [3.05, 3.63) is 35.9 Å². The van der Waals surface area contributed by atoms with Crippen molar-refractivity contribution in [2.24, 2.45) is 0 Å². The van der Waals surface area contributed by atoms with Crippen LogP contribution in [0.1, 0.15) is 39.2 Å². The summed E-state index contributed by atoms with van der Waals surface area (Å²) in [6.07, 6.45) is -0.810. The van der Waals surface area contributed by atoms with Crippen LogP contribution in [0.4, 0.5) is 4.79 Å². The van der Waals surface area contributed by atoms with Gasteiger partial charge < -0.3 is 24.4 Å². The van der Waals surface area contributed by atoms with Gasteiger partial charge in [-0.1, -0.05) is 30.3 Å². The lowest BCUT2D eigenvalue weighted by atomic mass is 10.1. The molecule has 29 heavy (non-hydrogen) atoms. The lowest BCUT2D eigenvalue weighted by molar-refractivity contribution is -0.145. The molecule has 1 fully saturated rings. The number of hydrogen-bond donors (Lipinski definition) is 1. The summed E-state index contributed by atoms with van der Waals surface area (Å²) in [5, 5.41) is 2.63. The van der Waals surface area contributed by atoms with Crippen LogP contribution in [0.25, 0.3) is 0 Å². The van der Waals surface area contributed by atoms with E-state index in [9.17, 15) is 14.4 Å². The smallest absolute Gasteiger partial charge is 0.407 e. The average Bonchev–Trinajstić information content (AvgIpc) is 2.66. The summed E-state index contributed by atoms with van der Waals surface area (Å²) >= 11 is 0. The number of amides is 2. The molecule has 0 bridgehead atoms. The number of rotatable bonds is 7. The number of nitrogens with zero attached hydrogens (tertiary/aromatic N) is 1. The fourth-order valence-electron chi connectivity index (χ4n) is 2.80. The molecule has 0 radical (unpaired) electrons. The summed E-state index contributed by atoms with van der Waals surface area (Å²) < 4.78 is 15.8.